The summed E-state index contributed by atoms with van der Waals surface area (Å²) >= 11 is 0. The van der Waals surface area contributed by atoms with Gasteiger partial charge in [0.15, 0.2) is 0 Å². The molecule has 3 rings (SSSR count). The summed E-state index contributed by atoms with van der Waals surface area (Å²) in [6.45, 7) is 31.5. The smallest absolute Gasteiger partial charge is 0.0191 e. The molecule has 3 aliphatic carbocycles. The molecule has 2 saturated carbocycles. The molecule has 0 N–H and O–H groups in total. The molecule has 0 bridgehead atoms. The van der Waals surface area contributed by atoms with E-state index in [1.165, 1.54) is 25.2 Å². The third kappa shape index (κ3) is 22.0. The Kier molecular flexibility index (Phi) is 89.9. The fraction of sp³-hybridized carbons (Fsp3) is 0.158. The minimum absolute atomic E-state index is 0. The van der Waals surface area contributed by atoms with E-state index >= 15 is 0 Å². The van der Waals surface area contributed by atoms with Crippen LogP contribution in [-0.4, -0.2) is 0 Å². The Hall–Kier alpha value is -0.470. The topological polar surface area (TPSA) is 139 Å². The maximum absolute atomic E-state index is 7.50. The van der Waals surface area contributed by atoms with Crippen molar-refractivity contribution in [3.63, 3.8) is 0 Å². The monoisotopic (exact) mass is 657 g/mol. The molecule has 0 saturated heterocycles. The van der Waals surface area contributed by atoms with Gasteiger partial charge in [-0.15, -0.1) is 0 Å². The van der Waals surface area contributed by atoms with Gasteiger partial charge in [-0.1, -0.05) is 23.8 Å². The second kappa shape index (κ2) is 50.8. The van der Waals surface area contributed by atoms with E-state index in [2.05, 4.69) is 77.6 Å². The van der Waals surface area contributed by atoms with Crippen LogP contribution in [0.3, 0.4) is 0 Å². The van der Waals surface area contributed by atoms with Crippen molar-refractivity contribution in [1.29, 1.82) is 0 Å². The SMILES string of the molecule is [C-]#[O+].[C-]#[O+].[C-]#[O+].[C-]#[O+].[C-]#[O+].[C-]#[O+].[C-]#[O+].[CH]1[CH][C]2CCCC3=CC=C[C]1[C]23.[Ru].[Ru].[Ru]. The van der Waals surface area contributed by atoms with Crippen LogP contribution in [-0.2, 0) is 91.0 Å². The van der Waals surface area contributed by atoms with Crippen molar-refractivity contribution in [2.24, 2.45) is 0 Å². The molecule has 10 heteroatoms. The summed E-state index contributed by atoms with van der Waals surface area (Å²) in [5.74, 6) is 4.54. The number of hydrogen-bond donors (Lipinski definition) is 0. The summed E-state index contributed by atoms with van der Waals surface area (Å²) in [6, 6.07) is 0. The Morgan fingerprint density at radius 1 is 0.586 bits per heavy atom. The molecule has 0 unspecified atom stereocenters. The molecular formula is C19H11O7Ru3. The predicted molar refractivity (Wildman–Crippen MR) is 76.9 cm³/mol. The number of allylic oxidation sites excluding steroid dienone is 4. The average molecular weight is 654 g/mol. The van der Waals surface area contributed by atoms with E-state index in [1.54, 1.807) is 17.4 Å². The van der Waals surface area contributed by atoms with Crippen molar-refractivity contribution in [3.8, 4) is 0 Å². The van der Waals surface area contributed by atoms with Crippen LogP contribution in [0.4, 0.5) is 0 Å². The van der Waals surface area contributed by atoms with E-state index in [0.29, 0.717) is 0 Å². The van der Waals surface area contributed by atoms with Crippen LogP contribution in [0, 0.1) is 77.1 Å². The van der Waals surface area contributed by atoms with E-state index in [1.807, 2.05) is 0 Å². The molecule has 153 valence electrons. The van der Waals surface area contributed by atoms with Gasteiger partial charge < -0.3 is 0 Å². The first-order valence-electron chi connectivity index (χ1n) is 6.04. The largest absolute Gasteiger partial charge is 0.0762 e. The fourth-order valence-corrected chi connectivity index (χ4v) is 2.31. The maximum atomic E-state index is 7.50. The van der Waals surface area contributed by atoms with Gasteiger partial charge in [0.2, 0.25) is 0 Å². The minimum atomic E-state index is 0. The molecule has 2 fully saturated rings. The van der Waals surface area contributed by atoms with E-state index in [9.17, 15) is 0 Å². The molecule has 3 aliphatic rings. The first kappa shape index (κ1) is 51.3. The van der Waals surface area contributed by atoms with Crippen LogP contribution in [0.15, 0.2) is 23.8 Å². The van der Waals surface area contributed by atoms with Crippen LogP contribution in [0.25, 0.3) is 0 Å². The predicted octanol–water partition coefficient (Wildman–Crippen LogP) is 2.54. The van der Waals surface area contributed by atoms with Crippen LogP contribution in [0.5, 0.6) is 0 Å². The molecule has 0 heterocycles. The van der Waals surface area contributed by atoms with Gasteiger partial charge in [0, 0.05) is 70.3 Å². The first-order chi connectivity index (χ1) is 12.9. The van der Waals surface area contributed by atoms with Crippen LogP contribution in [0.2, 0.25) is 0 Å². The normalized spacial score (nSPS) is 13.1. The molecular weight excluding hydrogens is 643 g/mol. The Morgan fingerprint density at radius 2 is 1.00 bits per heavy atom. The molecule has 0 spiro atoms. The molecule has 0 aromatic heterocycles. The summed E-state index contributed by atoms with van der Waals surface area (Å²) in [5, 5.41) is 0. The Bertz CT molecular complexity index is 470. The van der Waals surface area contributed by atoms with E-state index < -0.39 is 0 Å². The molecule has 0 amide bonds. The zero-order valence-electron chi connectivity index (χ0n) is 14.4. The zero-order chi connectivity index (χ0) is 22.0. The summed E-state index contributed by atoms with van der Waals surface area (Å²) in [4.78, 5) is 0. The van der Waals surface area contributed by atoms with Gasteiger partial charge in [-0.25, -0.2) is 0 Å². The van der Waals surface area contributed by atoms with Crippen LogP contribution >= 0.6 is 0 Å². The third-order valence-electron chi connectivity index (χ3n) is 2.86. The second-order valence-electron chi connectivity index (χ2n) is 3.59. The van der Waals surface area contributed by atoms with Gasteiger partial charge in [0.05, 0.1) is 0 Å². The van der Waals surface area contributed by atoms with Gasteiger partial charge in [-0.2, -0.15) is 0 Å². The standard InChI is InChI=1S/C12H11.7CO.3Ru/c1-3-9-4-2-6-11-8-7-10(5-1)12(9)11;7*1-2;;;/h1,3,5,7-8H,2,4,6H2;;;;;;;;;;. The quantitative estimate of drug-likeness (QED) is 0.215. The summed E-state index contributed by atoms with van der Waals surface area (Å²) < 4.78 is 52.5. The fourth-order valence-electron chi connectivity index (χ4n) is 2.31. The van der Waals surface area contributed by atoms with Gasteiger partial charge in [0.25, 0.3) is 0 Å². The zero-order valence-corrected chi connectivity index (χ0v) is 19.6. The van der Waals surface area contributed by atoms with E-state index in [-0.39, 0.29) is 58.4 Å². The maximum Gasteiger partial charge on any atom is 0.0191 e. The molecule has 5 radical (unpaired) electrons. The molecule has 7 nitrogen and oxygen atoms in total. The van der Waals surface area contributed by atoms with Crippen molar-refractivity contribution in [2.75, 3.05) is 0 Å². The van der Waals surface area contributed by atoms with Gasteiger partial charge in [-0.3, -0.25) is 0 Å². The Balaban J connectivity index is -0.0000000379. The molecule has 29 heavy (non-hydrogen) atoms. The Labute approximate surface area is 210 Å². The third-order valence-corrected chi connectivity index (χ3v) is 2.86. The first-order valence-corrected chi connectivity index (χ1v) is 6.04. The van der Waals surface area contributed by atoms with Crippen LogP contribution < -0.4 is 0 Å². The van der Waals surface area contributed by atoms with E-state index in [0.717, 1.165) is 0 Å². The molecule has 0 atom stereocenters. The van der Waals surface area contributed by atoms with Gasteiger partial charge in [0.1, 0.15) is 0 Å². The minimum Gasteiger partial charge on any atom is -0.0762 e. The van der Waals surface area contributed by atoms with Gasteiger partial charge in [-0.05, 0) is 38.0 Å². The number of rotatable bonds is 0. The molecule has 0 aromatic rings. The van der Waals surface area contributed by atoms with Crippen molar-refractivity contribution >= 4 is 0 Å². The molecule has 0 aromatic carbocycles. The summed E-state index contributed by atoms with van der Waals surface area (Å²) in [5.41, 5.74) is 1.55. The van der Waals surface area contributed by atoms with E-state index in [4.69, 9.17) is 32.6 Å². The van der Waals surface area contributed by atoms with Crippen molar-refractivity contribution in [3.05, 3.63) is 101 Å². The molecule has 0 aliphatic heterocycles. The Morgan fingerprint density at radius 3 is 1.41 bits per heavy atom. The van der Waals surface area contributed by atoms with Gasteiger partial charge >= 0.3 is 79.1 Å². The van der Waals surface area contributed by atoms with Crippen molar-refractivity contribution < 1.29 is 91.0 Å². The average Bonchev–Trinajstić information content (AvgIpc) is 3.23. The summed E-state index contributed by atoms with van der Waals surface area (Å²) in [7, 11) is 0. The van der Waals surface area contributed by atoms with Crippen molar-refractivity contribution in [1.82, 2.24) is 0 Å². The van der Waals surface area contributed by atoms with Crippen molar-refractivity contribution in [2.45, 2.75) is 19.3 Å². The second-order valence-corrected chi connectivity index (χ2v) is 3.59. The number of hydrogen-bond acceptors (Lipinski definition) is 0. The summed E-state index contributed by atoms with van der Waals surface area (Å²) in [6.07, 6.45) is 15.1. The van der Waals surface area contributed by atoms with Crippen LogP contribution in [0.1, 0.15) is 19.3 Å².